The number of hydrogen-bond acceptors (Lipinski definition) is 5. The lowest BCUT2D eigenvalue weighted by Crippen LogP contribution is -2.36. The number of carbonyl (C=O) groups is 3. The molecular formula is C18H16N2O5. The lowest BCUT2D eigenvalue weighted by molar-refractivity contribution is 0.0475. The molecule has 7 heteroatoms. The van der Waals surface area contributed by atoms with E-state index in [-0.39, 0.29) is 30.2 Å². The Morgan fingerprint density at radius 1 is 1.20 bits per heavy atom. The summed E-state index contributed by atoms with van der Waals surface area (Å²) < 4.78 is 10.5. The van der Waals surface area contributed by atoms with Gasteiger partial charge in [-0.05, 0) is 43.2 Å². The van der Waals surface area contributed by atoms with Crippen molar-refractivity contribution in [1.82, 2.24) is 4.90 Å². The minimum Gasteiger partial charge on any atom is -0.459 e. The van der Waals surface area contributed by atoms with E-state index >= 15 is 0 Å². The second kappa shape index (κ2) is 6.18. The minimum absolute atomic E-state index is 0.0969. The van der Waals surface area contributed by atoms with E-state index in [1.54, 1.807) is 24.3 Å². The molecule has 0 radical (unpaired) electrons. The number of fused-ring (bicyclic) bond motifs is 1. The van der Waals surface area contributed by atoms with E-state index in [4.69, 9.17) is 9.15 Å². The summed E-state index contributed by atoms with van der Waals surface area (Å²) >= 11 is 0. The number of rotatable bonds is 4. The molecule has 1 atom stereocenters. The monoisotopic (exact) mass is 340 g/mol. The van der Waals surface area contributed by atoms with Crippen molar-refractivity contribution in [1.29, 1.82) is 0 Å². The third-order valence-corrected chi connectivity index (χ3v) is 4.38. The SMILES string of the molecule is O=C(Nc1ccc2c(c1)C(=O)N(C[C@H]1CCCO1)C2=O)c1ccco1. The first-order valence-corrected chi connectivity index (χ1v) is 8.10. The summed E-state index contributed by atoms with van der Waals surface area (Å²) in [7, 11) is 0. The molecule has 0 aliphatic carbocycles. The van der Waals surface area contributed by atoms with Crippen molar-refractivity contribution >= 4 is 23.4 Å². The van der Waals surface area contributed by atoms with Gasteiger partial charge in [-0.1, -0.05) is 0 Å². The number of amides is 3. The molecule has 7 nitrogen and oxygen atoms in total. The summed E-state index contributed by atoms with van der Waals surface area (Å²) in [5.74, 6) is -0.926. The van der Waals surface area contributed by atoms with Crippen molar-refractivity contribution in [2.24, 2.45) is 0 Å². The van der Waals surface area contributed by atoms with Gasteiger partial charge in [-0.2, -0.15) is 0 Å². The van der Waals surface area contributed by atoms with Crippen LogP contribution >= 0.6 is 0 Å². The first kappa shape index (κ1) is 15.6. The fourth-order valence-electron chi connectivity index (χ4n) is 3.13. The number of anilines is 1. The number of benzene rings is 1. The average Bonchev–Trinajstić information content (AvgIpc) is 3.34. The normalized spacial score (nSPS) is 19.4. The van der Waals surface area contributed by atoms with Crippen molar-refractivity contribution in [3.05, 3.63) is 53.5 Å². The number of carbonyl (C=O) groups excluding carboxylic acids is 3. The van der Waals surface area contributed by atoms with Gasteiger partial charge in [0.1, 0.15) is 0 Å². The molecule has 2 aliphatic rings. The molecule has 2 aromatic rings. The highest BCUT2D eigenvalue weighted by Crippen LogP contribution is 2.27. The zero-order valence-electron chi connectivity index (χ0n) is 13.4. The maximum Gasteiger partial charge on any atom is 0.291 e. The molecule has 1 fully saturated rings. The molecule has 1 N–H and O–H groups in total. The van der Waals surface area contributed by atoms with Crippen LogP contribution < -0.4 is 5.32 Å². The van der Waals surface area contributed by atoms with Crippen molar-refractivity contribution in [3.63, 3.8) is 0 Å². The molecule has 0 unspecified atom stereocenters. The Hall–Kier alpha value is -2.93. The van der Waals surface area contributed by atoms with Crippen LogP contribution in [0.3, 0.4) is 0 Å². The van der Waals surface area contributed by atoms with Crippen LogP contribution in [-0.2, 0) is 4.74 Å². The second-order valence-corrected chi connectivity index (χ2v) is 6.05. The number of hydrogen-bond donors (Lipinski definition) is 1. The largest absolute Gasteiger partial charge is 0.459 e. The predicted molar refractivity (Wildman–Crippen MR) is 87.4 cm³/mol. The first-order valence-electron chi connectivity index (χ1n) is 8.10. The Kier molecular flexibility index (Phi) is 3.85. The highest BCUT2D eigenvalue weighted by Gasteiger charge is 2.37. The predicted octanol–water partition coefficient (Wildman–Crippen LogP) is 2.31. The molecule has 0 saturated carbocycles. The molecule has 25 heavy (non-hydrogen) atoms. The molecule has 1 saturated heterocycles. The van der Waals surface area contributed by atoms with Gasteiger partial charge in [0, 0.05) is 12.3 Å². The molecule has 3 amide bonds. The van der Waals surface area contributed by atoms with Gasteiger partial charge in [0.2, 0.25) is 0 Å². The van der Waals surface area contributed by atoms with Crippen LogP contribution in [0.25, 0.3) is 0 Å². The molecule has 1 aromatic carbocycles. The number of ether oxygens (including phenoxy) is 1. The fourth-order valence-corrected chi connectivity index (χ4v) is 3.13. The summed E-state index contributed by atoms with van der Waals surface area (Å²) in [5.41, 5.74) is 1.07. The summed E-state index contributed by atoms with van der Waals surface area (Å²) in [5, 5.41) is 2.66. The molecule has 0 bridgehead atoms. The summed E-state index contributed by atoms with van der Waals surface area (Å²) in [6.07, 6.45) is 3.09. The fraction of sp³-hybridized carbons (Fsp3) is 0.278. The number of imide groups is 1. The second-order valence-electron chi connectivity index (χ2n) is 6.05. The Labute approximate surface area is 143 Å². The minimum atomic E-state index is -0.419. The number of nitrogens with one attached hydrogen (secondary N) is 1. The third-order valence-electron chi connectivity index (χ3n) is 4.38. The van der Waals surface area contributed by atoms with Crippen LogP contribution in [0.15, 0.2) is 41.0 Å². The van der Waals surface area contributed by atoms with E-state index in [0.717, 1.165) is 12.8 Å². The third kappa shape index (κ3) is 2.83. The average molecular weight is 340 g/mol. The number of nitrogens with zero attached hydrogens (tertiary/aromatic N) is 1. The van der Waals surface area contributed by atoms with Crippen LogP contribution in [0.2, 0.25) is 0 Å². The maximum absolute atomic E-state index is 12.6. The van der Waals surface area contributed by atoms with Crippen LogP contribution in [-0.4, -0.2) is 41.9 Å². The van der Waals surface area contributed by atoms with E-state index in [1.165, 1.54) is 17.2 Å². The Balaban J connectivity index is 1.53. The van der Waals surface area contributed by atoms with Gasteiger partial charge >= 0.3 is 0 Å². The van der Waals surface area contributed by atoms with Gasteiger partial charge in [0.25, 0.3) is 17.7 Å². The molecule has 3 heterocycles. The summed E-state index contributed by atoms with van der Waals surface area (Å²) in [6, 6.07) is 7.83. The molecule has 128 valence electrons. The smallest absolute Gasteiger partial charge is 0.291 e. The molecule has 1 aromatic heterocycles. The molecular weight excluding hydrogens is 324 g/mol. The van der Waals surface area contributed by atoms with Crippen LogP contribution in [0, 0.1) is 0 Å². The summed E-state index contributed by atoms with van der Waals surface area (Å²) in [4.78, 5) is 38.3. The van der Waals surface area contributed by atoms with Crippen LogP contribution in [0.1, 0.15) is 44.1 Å². The van der Waals surface area contributed by atoms with Gasteiger partial charge in [-0.3, -0.25) is 19.3 Å². The van der Waals surface area contributed by atoms with Crippen molar-refractivity contribution < 1.29 is 23.5 Å². The van der Waals surface area contributed by atoms with Gasteiger partial charge in [0.15, 0.2) is 5.76 Å². The Morgan fingerprint density at radius 2 is 2.04 bits per heavy atom. The zero-order valence-corrected chi connectivity index (χ0v) is 13.4. The van der Waals surface area contributed by atoms with Crippen molar-refractivity contribution in [2.75, 3.05) is 18.5 Å². The van der Waals surface area contributed by atoms with E-state index in [0.29, 0.717) is 23.4 Å². The van der Waals surface area contributed by atoms with Crippen molar-refractivity contribution in [3.8, 4) is 0 Å². The van der Waals surface area contributed by atoms with Crippen LogP contribution in [0.5, 0.6) is 0 Å². The summed E-state index contributed by atoms with van der Waals surface area (Å²) in [6.45, 7) is 0.928. The lowest BCUT2D eigenvalue weighted by atomic mass is 10.1. The lowest BCUT2D eigenvalue weighted by Gasteiger charge is -2.17. The highest BCUT2D eigenvalue weighted by molar-refractivity contribution is 6.22. The highest BCUT2D eigenvalue weighted by atomic mass is 16.5. The zero-order chi connectivity index (χ0) is 17.4. The van der Waals surface area contributed by atoms with Crippen LogP contribution in [0.4, 0.5) is 5.69 Å². The van der Waals surface area contributed by atoms with E-state index in [9.17, 15) is 14.4 Å². The molecule has 0 spiro atoms. The van der Waals surface area contributed by atoms with Gasteiger partial charge in [-0.15, -0.1) is 0 Å². The van der Waals surface area contributed by atoms with E-state index in [1.807, 2.05) is 0 Å². The van der Waals surface area contributed by atoms with Gasteiger partial charge in [0.05, 0.1) is 30.0 Å². The van der Waals surface area contributed by atoms with E-state index in [2.05, 4.69) is 5.32 Å². The molecule has 2 aliphatic heterocycles. The Morgan fingerprint density at radius 3 is 2.76 bits per heavy atom. The molecule has 4 rings (SSSR count). The maximum atomic E-state index is 12.6. The van der Waals surface area contributed by atoms with Gasteiger partial charge in [-0.25, -0.2) is 0 Å². The Bertz CT molecular complexity index is 837. The van der Waals surface area contributed by atoms with Crippen molar-refractivity contribution in [2.45, 2.75) is 18.9 Å². The quantitative estimate of drug-likeness (QED) is 0.863. The standard InChI is InChI=1S/C18H16N2O5/c21-16(15-4-2-8-25-15)19-11-5-6-13-14(9-11)18(23)20(17(13)22)10-12-3-1-7-24-12/h2,4-6,8-9,12H,1,3,7,10H2,(H,19,21)/t12-/m1/s1. The topological polar surface area (TPSA) is 88.9 Å². The first-order chi connectivity index (χ1) is 12.1. The number of furan rings is 1. The van der Waals surface area contributed by atoms with E-state index < -0.39 is 5.91 Å². The van der Waals surface area contributed by atoms with Gasteiger partial charge < -0.3 is 14.5 Å².